The number of carbonyl (C=O) groups excluding carboxylic acids is 2. The molecule has 1 amide bonds. The third-order valence-electron chi connectivity index (χ3n) is 5.55. The zero-order valence-corrected chi connectivity index (χ0v) is 18.9. The fraction of sp³-hybridized carbons (Fsp3) is 0.120. The number of ketones is 1. The Hall–Kier alpha value is -4.17. The van der Waals surface area contributed by atoms with E-state index >= 15 is 0 Å². The van der Waals surface area contributed by atoms with Crippen molar-refractivity contribution in [3.63, 3.8) is 0 Å². The minimum absolute atomic E-state index is 0.00106. The van der Waals surface area contributed by atoms with Gasteiger partial charge in [0.15, 0.2) is 0 Å². The topological polar surface area (TPSA) is 121 Å². The number of aliphatic hydroxyl groups is 1. The summed E-state index contributed by atoms with van der Waals surface area (Å²) in [5, 5.41) is 32.2. The van der Waals surface area contributed by atoms with E-state index in [0.29, 0.717) is 11.3 Å². The molecule has 0 aromatic heterocycles. The molecule has 1 unspecified atom stereocenters. The average molecular weight is 479 g/mol. The van der Waals surface area contributed by atoms with Gasteiger partial charge in [-0.2, -0.15) is 0 Å². The van der Waals surface area contributed by atoms with Crippen LogP contribution in [0.4, 0.5) is 11.4 Å². The third-order valence-corrected chi connectivity index (χ3v) is 5.85. The highest BCUT2D eigenvalue weighted by Crippen LogP contribution is 2.44. The van der Waals surface area contributed by atoms with E-state index in [1.54, 1.807) is 12.1 Å². The fourth-order valence-corrected chi connectivity index (χ4v) is 4.31. The maximum absolute atomic E-state index is 13.2. The number of rotatable bonds is 4. The van der Waals surface area contributed by atoms with Gasteiger partial charge in [-0.1, -0.05) is 35.9 Å². The Kier molecular flexibility index (Phi) is 5.85. The standard InChI is InChI=1S/C25H19ClN2O6/c1-13-8-14(2)10-18(9-13)27-22(15-6-7-20(29)19(26)12-15)21(24(31)25(27)32)23(30)16-4-3-5-17(11-16)28(33)34/h3-12,22,29-30H,1-2H3/b23-21-. The predicted octanol–water partition coefficient (Wildman–Crippen LogP) is 5.20. The molecule has 0 saturated carbocycles. The van der Waals surface area contributed by atoms with E-state index in [1.807, 2.05) is 19.9 Å². The number of non-ortho nitro benzene ring substituents is 1. The summed E-state index contributed by atoms with van der Waals surface area (Å²) < 4.78 is 0. The van der Waals surface area contributed by atoms with Gasteiger partial charge in [-0.05, 0) is 54.8 Å². The number of halogens is 1. The van der Waals surface area contributed by atoms with E-state index in [2.05, 4.69) is 0 Å². The van der Waals surface area contributed by atoms with E-state index in [-0.39, 0.29) is 27.6 Å². The maximum atomic E-state index is 13.2. The first kappa shape index (κ1) is 23.0. The van der Waals surface area contributed by atoms with Crippen molar-refractivity contribution < 1.29 is 24.7 Å². The van der Waals surface area contributed by atoms with Crippen LogP contribution in [0, 0.1) is 24.0 Å². The Bertz CT molecular complexity index is 1380. The monoisotopic (exact) mass is 478 g/mol. The zero-order chi connectivity index (χ0) is 24.7. The summed E-state index contributed by atoms with van der Waals surface area (Å²) in [4.78, 5) is 38.3. The van der Waals surface area contributed by atoms with E-state index in [9.17, 15) is 29.9 Å². The van der Waals surface area contributed by atoms with Crippen molar-refractivity contribution >= 4 is 40.4 Å². The molecule has 3 aromatic rings. The minimum atomic E-state index is -1.08. The van der Waals surface area contributed by atoms with Crippen LogP contribution in [-0.2, 0) is 9.59 Å². The second-order valence-electron chi connectivity index (χ2n) is 8.03. The molecule has 1 heterocycles. The summed E-state index contributed by atoms with van der Waals surface area (Å²) >= 11 is 6.12. The maximum Gasteiger partial charge on any atom is 0.300 e. The molecule has 1 aliphatic rings. The number of aryl methyl sites for hydroxylation is 2. The first-order valence-electron chi connectivity index (χ1n) is 10.2. The van der Waals surface area contributed by atoms with Crippen molar-refractivity contribution in [2.24, 2.45) is 0 Å². The van der Waals surface area contributed by atoms with Crippen LogP contribution in [0.15, 0.2) is 66.2 Å². The number of amides is 1. The second kappa shape index (κ2) is 8.64. The number of nitro groups is 1. The van der Waals surface area contributed by atoms with Crippen LogP contribution in [0.1, 0.15) is 28.3 Å². The molecule has 2 N–H and O–H groups in total. The quantitative estimate of drug-likeness (QED) is 0.175. The second-order valence-corrected chi connectivity index (χ2v) is 8.44. The molecule has 1 saturated heterocycles. The normalized spacial score (nSPS) is 17.3. The van der Waals surface area contributed by atoms with Crippen molar-refractivity contribution in [3.05, 3.63) is 104 Å². The molecule has 34 heavy (non-hydrogen) atoms. The van der Waals surface area contributed by atoms with Gasteiger partial charge in [0.25, 0.3) is 17.4 Å². The number of carbonyl (C=O) groups is 2. The van der Waals surface area contributed by atoms with Gasteiger partial charge in [0.1, 0.15) is 11.5 Å². The Balaban J connectivity index is 1.99. The Morgan fingerprint density at radius 2 is 1.71 bits per heavy atom. The molecule has 0 bridgehead atoms. The first-order chi connectivity index (χ1) is 16.1. The number of hydrogen-bond donors (Lipinski definition) is 2. The van der Waals surface area contributed by atoms with E-state index in [0.717, 1.165) is 17.2 Å². The van der Waals surface area contributed by atoms with Crippen molar-refractivity contribution in [1.29, 1.82) is 0 Å². The molecule has 3 aromatic carbocycles. The highest BCUT2D eigenvalue weighted by Gasteiger charge is 2.47. The summed E-state index contributed by atoms with van der Waals surface area (Å²) in [5.41, 5.74) is 2.02. The lowest BCUT2D eigenvalue weighted by molar-refractivity contribution is -0.384. The number of phenols is 1. The number of nitro benzene ring substituents is 1. The van der Waals surface area contributed by atoms with Crippen molar-refractivity contribution in [1.82, 2.24) is 0 Å². The molecule has 1 fully saturated rings. The molecule has 1 atom stereocenters. The van der Waals surface area contributed by atoms with E-state index < -0.39 is 28.4 Å². The van der Waals surface area contributed by atoms with E-state index in [1.165, 1.54) is 41.3 Å². The molecular weight excluding hydrogens is 460 g/mol. The molecule has 0 spiro atoms. The highest BCUT2D eigenvalue weighted by atomic mass is 35.5. The van der Waals surface area contributed by atoms with Gasteiger partial charge in [-0.25, -0.2) is 0 Å². The van der Waals surface area contributed by atoms with Crippen LogP contribution in [0.3, 0.4) is 0 Å². The summed E-state index contributed by atoms with van der Waals surface area (Å²) in [6.07, 6.45) is 0. The molecule has 1 aliphatic heterocycles. The first-order valence-corrected chi connectivity index (χ1v) is 10.6. The lowest BCUT2D eigenvalue weighted by atomic mass is 9.94. The van der Waals surface area contributed by atoms with Gasteiger partial charge in [-0.15, -0.1) is 0 Å². The van der Waals surface area contributed by atoms with Crippen LogP contribution in [0.2, 0.25) is 5.02 Å². The van der Waals surface area contributed by atoms with Crippen molar-refractivity contribution in [2.45, 2.75) is 19.9 Å². The number of phenolic OH excluding ortho intramolecular Hbond substituents is 1. The Morgan fingerprint density at radius 1 is 1.03 bits per heavy atom. The number of anilines is 1. The fourth-order valence-electron chi connectivity index (χ4n) is 4.12. The van der Waals surface area contributed by atoms with Gasteiger partial charge in [0.05, 0.1) is 21.6 Å². The van der Waals surface area contributed by atoms with Gasteiger partial charge in [-0.3, -0.25) is 24.6 Å². The van der Waals surface area contributed by atoms with Crippen LogP contribution < -0.4 is 4.90 Å². The smallest absolute Gasteiger partial charge is 0.300 e. The number of aromatic hydroxyl groups is 1. The summed E-state index contributed by atoms with van der Waals surface area (Å²) in [6, 6.07) is 13.7. The molecule has 0 radical (unpaired) electrons. The number of aliphatic hydroxyl groups excluding tert-OH is 1. The SMILES string of the molecule is Cc1cc(C)cc(N2C(=O)C(=O)/C(=C(\O)c3cccc([N+](=O)[O-])c3)C2c2ccc(O)c(Cl)c2)c1. The average Bonchev–Trinajstić information content (AvgIpc) is 3.05. The zero-order valence-electron chi connectivity index (χ0n) is 18.2. The van der Waals surface area contributed by atoms with Gasteiger partial charge >= 0.3 is 0 Å². The van der Waals surface area contributed by atoms with E-state index in [4.69, 9.17) is 11.6 Å². The van der Waals surface area contributed by atoms with Gasteiger partial charge < -0.3 is 10.2 Å². The Labute approximate surface area is 199 Å². The highest BCUT2D eigenvalue weighted by molar-refractivity contribution is 6.51. The van der Waals surface area contributed by atoms with Crippen molar-refractivity contribution in [2.75, 3.05) is 4.90 Å². The molecule has 0 aliphatic carbocycles. The molecule has 9 heteroatoms. The lowest BCUT2D eigenvalue weighted by Gasteiger charge is -2.26. The van der Waals surface area contributed by atoms with Gasteiger partial charge in [0, 0.05) is 23.4 Å². The van der Waals surface area contributed by atoms with Crippen LogP contribution in [0.5, 0.6) is 5.75 Å². The molecular formula is C25H19ClN2O6. The molecule has 172 valence electrons. The number of hydrogen-bond acceptors (Lipinski definition) is 6. The summed E-state index contributed by atoms with van der Waals surface area (Å²) in [7, 11) is 0. The van der Waals surface area contributed by atoms with Crippen molar-refractivity contribution in [3.8, 4) is 5.75 Å². The summed E-state index contributed by atoms with van der Waals surface area (Å²) in [6.45, 7) is 3.70. The van der Waals surface area contributed by atoms with Gasteiger partial charge in [0.2, 0.25) is 0 Å². The predicted molar refractivity (Wildman–Crippen MR) is 127 cm³/mol. The molecule has 4 rings (SSSR count). The lowest BCUT2D eigenvalue weighted by Crippen LogP contribution is -2.29. The summed E-state index contributed by atoms with van der Waals surface area (Å²) in [5.74, 6) is -2.56. The molecule has 8 nitrogen and oxygen atoms in total. The largest absolute Gasteiger partial charge is 0.507 e. The minimum Gasteiger partial charge on any atom is -0.507 e. The van der Waals surface area contributed by atoms with Crippen LogP contribution in [0.25, 0.3) is 5.76 Å². The number of nitrogens with zero attached hydrogens (tertiary/aromatic N) is 2. The van der Waals surface area contributed by atoms with Crippen LogP contribution in [-0.4, -0.2) is 26.8 Å². The van der Waals surface area contributed by atoms with Crippen LogP contribution >= 0.6 is 11.6 Å². The number of Topliss-reactive ketones (excluding diaryl/α,β-unsaturated/α-hetero) is 1. The third kappa shape index (κ3) is 3.99. The Morgan fingerprint density at radius 3 is 2.32 bits per heavy atom. The number of benzene rings is 3.